The molecule has 6 aliphatic carbocycles. The Kier molecular flexibility index (Phi) is 10.4. The van der Waals surface area contributed by atoms with E-state index in [1.807, 2.05) is 0 Å². The molecule has 85 heavy (non-hydrogen) atoms. The number of benzene rings is 16. The minimum atomic E-state index is 0. The normalized spacial score (nSPS) is 16.4. The summed E-state index contributed by atoms with van der Waals surface area (Å²) >= 11 is 0. The van der Waals surface area contributed by atoms with Crippen LogP contribution in [0.1, 0.15) is 97.9 Å². The van der Waals surface area contributed by atoms with E-state index >= 15 is 0 Å². The van der Waals surface area contributed by atoms with Gasteiger partial charge in [0, 0.05) is 23.7 Å². The van der Waals surface area contributed by atoms with Crippen LogP contribution >= 0.6 is 0 Å². The molecule has 0 heterocycles. The highest BCUT2D eigenvalue weighted by Gasteiger charge is 2.42. The van der Waals surface area contributed by atoms with E-state index in [-0.39, 0.29) is 7.43 Å². The van der Waals surface area contributed by atoms with Crippen LogP contribution < -0.4 is 0 Å². The summed E-state index contributed by atoms with van der Waals surface area (Å²) in [6.45, 7) is 0. The van der Waals surface area contributed by atoms with Gasteiger partial charge in [0.2, 0.25) is 0 Å². The van der Waals surface area contributed by atoms with Gasteiger partial charge >= 0.3 is 0 Å². The number of fused-ring (bicyclic) bond motifs is 14. The fourth-order valence-electron chi connectivity index (χ4n) is 16.4. The monoisotopic (exact) mass is 1080 g/mol. The van der Waals surface area contributed by atoms with E-state index in [1.54, 1.807) is 0 Å². The van der Waals surface area contributed by atoms with Gasteiger partial charge in [0.1, 0.15) is 0 Å². The zero-order valence-electron chi connectivity index (χ0n) is 46.0. The van der Waals surface area contributed by atoms with Crippen LogP contribution in [0, 0.1) is 0 Å². The molecule has 0 radical (unpaired) electrons. The van der Waals surface area contributed by atoms with E-state index in [4.69, 9.17) is 0 Å². The summed E-state index contributed by atoms with van der Waals surface area (Å²) in [4.78, 5) is 0. The highest BCUT2D eigenvalue weighted by atomic mass is 14.5. The van der Waals surface area contributed by atoms with Crippen molar-refractivity contribution in [3.05, 3.63) is 358 Å². The van der Waals surface area contributed by atoms with E-state index in [0.29, 0.717) is 23.7 Å². The Labute approximate surface area is 494 Å². The Hall–Kier alpha value is -10.4. The summed E-state index contributed by atoms with van der Waals surface area (Å²) in [6.07, 6.45) is 0. The number of hydrogen-bond donors (Lipinski definition) is 0. The maximum absolute atomic E-state index is 2.50. The summed E-state index contributed by atoms with van der Waals surface area (Å²) in [6, 6.07) is 110. The lowest BCUT2D eigenvalue weighted by atomic mass is 9.61. The van der Waals surface area contributed by atoms with E-state index in [1.165, 1.54) is 175 Å². The maximum Gasteiger partial charge on any atom is 0.0349 e. The summed E-state index contributed by atoms with van der Waals surface area (Å²) < 4.78 is 0. The van der Waals surface area contributed by atoms with Gasteiger partial charge in [0.05, 0.1) is 0 Å². The third kappa shape index (κ3) is 6.91. The summed E-state index contributed by atoms with van der Waals surface area (Å²) in [5.41, 5.74) is 22.8. The van der Waals surface area contributed by atoms with Crippen molar-refractivity contribution in [1.82, 2.24) is 0 Å². The molecular formula is C85H56. The Morgan fingerprint density at radius 3 is 0.612 bits per heavy atom. The Morgan fingerprint density at radius 2 is 0.341 bits per heavy atom. The second-order valence-corrected chi connectivity index (χ2v) is 24.0. The molecule has 0 unspecified atom stereocenters. The highest BCUT2D eigenvalue weighted by Crippen LogP contribution is 2.58. The molecule has 0 aliphatic heterocycles. The smallest absolute Gasteiger partial charge is 0.0349 e. The van der Waals surface area contributed by atoms with Crippen molar-refractivity contribution in [3.63, 3.8) is 0 Å². The van der Waals surface area contributed by atoms with Crippen LogP contribution in [0.4, 0.5) is 0 Å². The Morgan fingerprint density at radius 1 is 0.141 bits per heavy atom. The van der Waals surface area contributed by atoms with E-state index in [0.717, 1.165) is 0 Å². The second kappa shape index (κ2) is 18.3. The van der Waals surface area contributed by atoms with E-state index in [9.17, 15) is 0 Å². The molecule has 0 spiro atoms. The largest absolute Gasteiger partial charge is 0.0776 e. The third-order valence-corrected chi connectivity index (χ3v) is 20.0. The molecule has 22 rings (SSSR count). The van der Waals surface area contributed by atoms with Crippen LogP contribution in [0.5, 0.6) is 0 Å². The van der Waals surface area contributed by atoms with Crippen molar-refractivity contribution in [1.29, 1.82) is 0 Å². The first-order chi connectivity index (χ1) is 41.7. The van der Waals surface area contributed by atoms with E-state index in [2.05, 4.69) is 291 Å². The van der Waals surface area contributed by atoms with Crippen molar-refractivity contribution in [3.8, 4) is 22.3 Å². The molecule has 6 aliphatic rings. The fourth-order valence-corrected chi connectivity index (χ4v) is 16.4. The predicted molar refractivity (Wildman–Crippen MR) is 360 cm³/mol. The van der Waals surface area contributed by atoms with Crippen LogP contribution in [0.25, 0.3) is 108 Å². The average molecular weight is 1080 g/mol. The van der Waals surface area contributed by atoms with Gasteiger partial charge in [0.25, 0.3) is 0 Å². The summed E-state index contributed by atoms with van der Waals surface area (Å²) in [5, 5.41) is 21.0. The lowest BCUT2D eigenvalue weighted by Crippen LogP contribution is -2.27. The zero-order chi connectivity index (χ0) is 54.7. The first-order valence-electron chi connectivity index (χ1n) is 29.8. The maximum atomic E-state index is 2.50. The Bertz CT molecular complexity index is 5030. The Balaban J connectivity index is 0.000000133. The van der Waals surface area contributed by atoms with Crippen molar-refractivity contribution >= 4 is 86.2 Å². The van der Waals surface area contributed by atoms with E-state index < -0.39 is 0 Å². The summed E-state index contributed by atoms with van der Waals surface area (Å²) in [7, 11) is 0. The van der Waals surface area contributed by atoms with Gasteiger partial charge < -0.3 is 0 Å². The molecule has 4 bridgehead atoms. The second-order valence-electron chi connectivity index (χ2n) is 24.0. The van der Waals surface area contributed by atoms with Gasteiger partial charge in [-0.05, 0) is 224 Å². The quantitative estimate of drug-likeness (QED) is 0.151. The van der Waals surface area contributed by atoms with Crippen LogP contribution in [0.15, 0.2) is 291 Å². The van der Waals surface area contributed by atoms with Gasteiger partial charge in [0.15, 0.2) is 0 Å². The molecule has 0 N–H and O–H groups in total. The molecule has 16 aromatic carbocycles. The number of rotatable bonds is 2. The first kappa shape index (κ1) is 48.2. The molecule has 0 atom stereocenters. The molecule has 0 fully saturated rings. The topological polar surface area (TPSA) is 0 Å². The lowest BCUT2D eigenvalue weighted by Gasteiger charge is -2.42. The summed E-state index contributed by atoms with van der Waals surface area (Å²) in [5.74, 6) is 1.20. The van der Waals surface area contributed by atoms with Gasteiger partial charge in [-0.2, -0.15) is 0 Å². The fraction of sp³-hybridized carbons (Fsp3) is 0.0588. The van der Waals surface area contributed by atoms with Crippen molar-refractivity contribution in [2.75, 3.05) is 0 Å². The van der Waals surface area contributed by atoms with Crippen LogP contribution in [0.3, 0.4) is 0 Å². The van der Waals surface area contributed by atoms with Crippen molar-refractivity contribution < 1.29 is 0 Å². The standard InChI is InChI=1S/C48H30.C36H22.CH4/c1-5-13-37-33(9-1)45-34-10-2-6-14-38(34)47(37)43-25-31-21-27(17-19-29(31)23-41(43)45)28-18-20-30-24-42-44(26-32(30)22-28)48-39-15-7-3-11-35(39)46(42)36-12-4-8-16-40(36)48;1-3-13-29-25(9-1)27-11-5-7-15-31(27)35-21-23(17-19-33(29)35)24-18-20-34-30-14-4-2-10-26(30)28-12-6-8-16-32(28)36(34)22-24;/h1-26,45-48H;1-22H;1H4. The molecular weight excluding hydrogens is 1020 g/mol. The molecule has 0 saturated heterocycles. The van der Waals surface area contributed by atoms with Crippen molar-refractivity contribution in [2.24, 2.45) is 0 Å². The zero-order valence-corrected chi connectivity index (χ0v) is 46.0. The SMILES string of the molecule is C.c1ccc2c(c1)C1c3ccccc3C2c2cc3cc(-c4ccc5cc6c(cc5c4)C4c5ccccc5C6c5ccccc54)ccc3cc21.c1ccc2c(c1)c1ccccc1c1cc(-c3ccc4c5ccccc5c5ccccc5c4c3)ccc21. The van der Waals surface area contributed by atoms with Gasteiger partial charge in [-0.25, -0.2) is 0 Å². The van der Waals surface area contributed by atoms with Gasteiger partial charge in [-0.15, -0.1) is 0 Å². The third-order valence-electron chi connectivity index (χ3n) is 20.0. The van der Waals surface area contributed by atoms with Gasteiger partial charge in [-0.1, -0.05) is 250 Å². The molecule has 16 aromatic rings. The molecule has 0 amide bonds. The molecule has 0 heteroatoms. The minimum absolute atomic E-state index is 0. The average Bonchev–Trinajstić information content (AvgIpc) is 1.19. The van der Waals surface area contributed by atoms with Crippen LogP contribution in [0.2, 0.25) is 0 Å². The molecule has 396 valence electrons. The van der Waals surface area contributed by atoms with Crippen LogP contribution in [-0.4, -0.2) is 0 Å². The lowest BCUT2D eigenvalue weighted by molar-refractivity contribution is 0.756. The number of hydrogen-bond acceptors (Lipinski definition) is 0. The predicted octanol–water partition coefficient (Wildman–Crippen LogP) is 22.5. The molecule has 0 saturated carbocycles. The minimum Gasteiger partial charge on any atom is -0.0776 e. The first-order valence-corrected chi connectivity index (χ1v) is 29.8. The van der Waals surface area contributed by atoms with Gasteiger partial charge in [-0.3, -0.25) is 0 Å². The molecule has 0 nitrogen and oxygen atoms in total. The van der Waals surface area contributed by atoms with Crippen molar-refractivity contribution in [2.45, 2.75) is 31.1 Å². The van der Waals surface area contributed by atoms with Crippen LogP contribution in [-0.2, 0) is 0 Å². The highest BCUT2D eigenvalue weighted by molar-refractivity contribution is 6.27. The molecule has 0 aromatic heterocycles.